The van der Waals surface area contributed by atoms with Crippen molar-refractivity contribution in [3.05, 3.63) is 71.0 Å². The van der Waals surface area contributed by atoms with Gasteiger partial charge in [0.1, 0.15) is 11.6 Å². The van der Waals surface area contributed by atoms with Crippen molar-refractivity contribution in [2.45, 2.75) is 30.2 Å². The number of sulfonamides is 1. The molecule has 2 fully saturated rings. The first-order valence-electron chi connectivity index (χ1n) is 11.4. The molecule has 2 saturated heterocycles. The number of rotatable bonds is 7. The van der Waals surface area contributed by atoms with Crippen molar-refractivity contribution in [1.82, 2.24) is 9.21 Å². The van der Waals surface area contributed by atoms with Gasteiger partial charge in [-0.15, -0.1) is 0 Å². The Kier molecular flexibility index (Phi) is 7.34. The molecule has 0 spiro atoms. The zero-order valence-corrected chi connectivity index (χ0v) is 20.1. The van der Waals surface area contributed by atoms with Gasteiger partial charge in [-0.1, -0.05) is 24.6 Å². The molecule has 1 amide bonds. The molecule has 2 aliphatic heterocycles. The van der Waals surface area contributed by atoms with Gasteiger partial charge in [0.05, 0.1) is 23.1 Å². The number of halogens is 1. The van der Waals surface area contributed by atoms with Crippen LogP contribution < -0.4 is 0 Å². The molecule has 186 valence electrons. The number of hydrogen-bond acceptors (Lipinski definition) is 6. The lowest BCUT2D eigenvalue weighted by atomic mass is 9.95. The molecular formula is C25H27FN2O6S. The smallest absolute Gasteiger partial charge is 0.295 e. The molecule has 2 aromatic carbocycles. The maximum absolute atomic E-state index is 14.7. The van der Waals surface area contributed by atoms with E-state index < -0.39 is 39.3 Å². The first kappa shape index (κ1) is 25.0. The number of ether oxygens (including phenoxy) is 1. The Morgan fingerprint density at radius 2 is 1.71 bits per heavy atom. The van der Waals surface area contributed by atoms with E-state index in [1.807, 2.05) is 0 Å². The van der Waals surface area contributed by atoms with Gasteiger partial charge in [-0.05, 0) is 43.2 Å². The number of aliphatic hydroxyl groups is 1. The number of nitrogens with zero attached hydrogens (tertiary/aromatic N) is 2. The molecule has 2 aliphatic rings. The summed E-state index contributed by atoms with van der Waals surface area (Å²) in [4.78, 5) is 27.0. The molecule has 0 aromatic heterocycles. The van der Waals surface area contributed by atoms with Gasteiger partial charge in [0, 0.05) is 37.9 Å². The monoisotopic (exact) mass is 502 g/mol. The summed E-state index contributed by atoms with van der Waals surface area (Å²) < 4.78 is 47.1. The molecular weight excluding hydrogens is 475 g/mol. The summed E-state index contributed by atoms with van der Waals surface area (Å²) in [6.45, 7) is 1.04. The molecule has 0 aliphatic carbocycles. The third-order valence-corrected chi connectivity index (χ3v) is 8.27. The van der Waals surface area contributed by atoms with Gasteiger partial charge in [-0.2, -0.15) is 4.31 Å². The SMILES string of the molecule is COCCN1C(=O)C(=O)C(=C(O)c2ccc(S(=O)(=O)N3CCCCC3)cc2)[C@@H]1c1ccccc1F. The zero-order chi connectivity index (χ0) is 25.2. The van der Waals surface area contributed by atoms with Crippen molar-refractivity contribution in [1.29, 1.82) is 0 Å². The second kappa shape index (κ2) is 10.3. The van der Waals surface area contributed by atoms with E-state index >= 15 is 0 Å². The minimum Gasteiger partial charge on any atom is -0.507 e. The van der Waals surface area contributed by atoms with Crippen LogP contribution >= 0.6 is 0 Å². The highest BCUT2D eigenvalue weighted by atomic mass is 32.2. The molecule has 2 aromatic rings. The fourth-order valence-electron chi connectivity index (χ4n) is 4.52. The number of Topliss-reactive ketones (excluding diaryl/α,β-unsaturated/α-hetero) is 1. The van der Waals surface area contributed by atoms with Crippen molar-refractivity contribution in [3.63, 3.8) is 0 Å². The van der Waals surface area contributed by atoms with E-state index in [2.05, 4.69) is 0 Å². The van der Waals surface area contributed by atoms with Gasteiger partial charge < -0.3 is 14.7 Å². The van der Waals surface area contributed by atoms with Crippen molar-refractivity contribution in [2.24, 2.45) is 0 Å². The van der Waals surface area contributed by atoms with E-state index in [9.17, 15) is 27.5 Å². The Hall–Kier alpha value is -3.08. The Balaban J connectivity index is 1.75. The minimum atomic E-state index is -3.68. The number of benzene rings is 2. The Bertz CT molecular complexity index is 1250. The molecule has 0 saturated carbocycles. The Labute approximate surface area is 203 Å². The largest absolute Gasteiger partial charge is 0.507 e. The van der Waals surface area contributed by atoms with Crippen molar-refractivity contribution in [2.75, 3.05) is 33.4 Å². The molecule has 10 heteroatoms. The third kappa shape index (κ3) is 4.73. The summed E-state index contributed by atoms with van der Waals surface area (Å²) in [6.07, 6.45) is 2.60. The number of amides is 1. The van der Waals surface area contributed by atoms with Crippen LogP contribution in [0, 0.1) is 5.82 Å². The number of carbonyl (C=O) groups excluding carboxylic acids is 2. The number of piperidine rings is 1. The number of hydrogen-bond donors (Lipinski definition) is 1. The highest BCUT2D eigenvalue weighted by Crippen LogP contribution is 2.40. The van der Waals surface area contributed by atoms with Crippen LogP contribution in [0.1, 0.15) is 36.4 Å². The fraction of sp³-hybridized carbons (Fsp3) is 0.360. The molecule has 1 N–H and O–H groups in total. The molecule has 0 radical (unpaired) electrons. The van der Waals surface area contributed by atoms with E-state index in [0.29, 0.717) is 13.1 Å². The summed E-state index contributed by atoms with van der Waals surface area (Å²) in [5, 5.41) is 11.1. The van der Waals surface area contributed by atoms with Crippen LogP contribution in [-0.2, 0) is 24.3 Å². The van der Waals surface area contributed by atoms with Crippen LogP contribution in [0.15, 0.2) is 59.0 Å². The summed E-state index contributed by atoms with van der Waals surface area (Å²) in [7, 11) is -2.24. The lowest BCUT2D eigenvalue weighted by molar-refractivity contribution is -0.140. The van der Waals surface area contributed by atoms with Crippen LogP contribution in [0.4, 0.5) is 4.39 Å². The molecule has 0 bridgehead atoms. The van der Waals surface area contributed by atoms with E-state index in [1.165, 1.54) is 58.8 Å². The maximum atomic E-state index is 14.7. The fourth-order valence-corrected chi connectivity index (χ4v) is 6.03. The minimum absolute atomic E-state index is 0.0177. The van der Waals surface area contributed by atoms with Crippen LogP contribution in [0.3, 0.4) is 0 Å². The van der Waals surface area contributed by atoms with Crippen molar-refractivity contribution >= 4 is 27.5 Å². The van der Waals surface area contributed by atoms with E-state index in [0.717, 1.165) is 19.3 Å². The van der Waals surface area contributed by atoms with E-state index in [-0.39, 0.29) is 34.7 Å². The number of aliphatic hydroxyl groups excluding tert-OH is 1. The van der Waals surface area contributed by atoms with Crippen molar-refractivity contribution < 1.29 is 32.2 Å². The zero-order valence-electron chi connectivity index (χ0n) is 19.3. The van der Waals surface area contributed by atoms with Crippen molar-refractivity contribution in [3.8, 4) is 0 Å². The normalized spacial score (nSPS) is 21.0. The summed E-state index contributed by atoms with van der Waals surface area (Å²) in [6, 6.07) is 10.1. The van der Waals surface area contributed by atoms with Crippen LogP contribution in [0.25, 0.3) is 5.76 Å². The van der Waals surface area contributed by atoms with Gasteiger partial charge in [0.15, 0.2) is 0 Å². The lowest BCUT2D eigenvalue weighted by Crippen LogP contribution is -2.35. The number of ketones is 1. The summed E-state index contributed by atoms with van der Waals surface area (Å²) in [5.74, 6) is -2.95. The topological polar surface area (TPSA) is 104 Å². The van der Waals surface area contributed by atoms with Gasteiger partial charge >= 0.3 is 0 Å². The van der Waals surface area contributed by atoms with Gasteiger partial charge in [-0.25, -0.2) is 12.8 Å². The maximum Gasteiger partial charge on any atom is 0.295 e. The summed E-state index contributed by atoms with van der Waals surface area (Å²) in [5.41, 5.74) is -0.0508. The standard InChI is InChI=1S/C25H27FN2O6S/c1-34-16-15-28-22(19-7-3-4-8-20(19)26)21(24(30)25(28)31)23(29)17-9-11-18(12-10-17)35(32,33)27-13-5-2-6-14-27/h3-4,7-12,22,29H,2,5-6,13-16H2,1H3/t22-/m0/s1. The Morgan fingerprint density at radius 1 is 1.06 bits per heavy atom. The number of carbonyl (C=O) groups is 2. The second-order valence-electron chi connectivity index (χ2n) is 8.50. The molecule has 35 heavy (non-hydrogen) atoms. The average Bonchev–Trinajstić information content (AvgIpc) is 3.12. The number of methoxy groups -OCH3 is 1. The van der Waals surface area contributed by atoms with Gasteiger partial charge in [-0.3, -0.25) is 9.59 Å². The predicted octanol–water partition coefficient (Wildman–Crippen LogP) is 3.07. The van der Waals surface area contributed by atoms with Gasteiger partial charge in [0.2, 0.25) is 10.0 Å². The van der Waals surface area contributed by atoms with E-state index in [1.54, 1.807) is 6.07 Å². The molecule has 8 nitrogen and oxygen atoms in total. The molecule has 0 unspecified atom stereocenters. The van der Waals surface area contributed by atoms with E-state index in [4.69, 9.17) is 4.74 Å². The van der Waals surface area contributed by atoms with Crippen LogP contribution in [0.5, 0.6) is 0 Å². The first-order valence-corrected chi connectivity index (χ1v) is 12.8. The predicted molar refractivity (Wildman–Crippen MR) is 126 cm³/mol. The van der Waals surface area contributed by atoms with Crippen LogP contribution in [-0.4, -0.2) is 67.8 Å². The summed E-state index contributed by atoms with van der Waals surface area (Å²) >= 11 is 0. The Morgan fingerprint density at radius 3 is 2.34 bits per heavy atom. The lowest BCUT2D eigenvalue weighted by Gasteiger charge is -2.26. The average molecular weight is 503 g/mol. The van der Waals surface area contributed by atoms with Crippen LogP contribution in [0.2, 0.25) is 0 Å². The highest BCUT2D eigenvalue weighted by molar-refractivity contribution is 7.89. The molecule has 4 rings (SSSR count). The van der Waals surface area contributed by atoms with Gasteiger partial charge in [0.25, 0.3) is 11.7 Å². The first-order chi connectivity index (χ1) is 16.8. The second-order valence-corrected chi connectivity index (χ2v) is 10.4. The molecule has 1 atom stereocenters. The highest BCUT2D eigenvalue weighted by Gasteiger charge is 2.46. The molecule has 2 heterocycles. The third-order valence-electron chi connectivity index (χ3n) is 6.36. The quantitative estimate of drug-likeness (QED) is 0.355. The number of likely N-dealkylation sites (tertiary alicyclic amines) is 1.